The number of hydrogen-bond donors (Lipinski definition) is 1. The molecule has 1 fully saturated rings. The van der Waals surface area contributed by atoms with Gasteiger partial charge in [0, 0.05) is 29.9 Å². The fraction of sp³-hybridized carbons (Fsp3) is 0.375. The molecule has 1 amide bonds. The predicted molar refractivity (Wildman–Crippen MR) is 99.4 cm³/mol. The highest BCUT2D eigenvalue weighted by atomic mass is 35.5. The fourth-order valence-corrected chi connectivity index (χ4v) is 3.73. The summed E-state index contributed by atoms with van der Waals surface area (Å²) in [7, 11) is 0. The molecule has 1 aromatic heterocycles. The molecule has 0 bridgehead atoms. The fourth-order valence-electron chi connectivity index (χ4n) is 2.40. The number of aromatic nitrogens is 1. The Morgan fingerprint density at radius 1 is 1.46 bits per heavy atom. The van der Waals surface area contributed by atoms with Gasteiger partial charge in [0.2, 0.25) is 0 Å². The molecule has 3 rings (SSSR count). The van der Waals surface area contributed by atoms with Crippen molar-refractivity contribution in [3.8, 4) is 0 Å². The molecule has 0 saturated carbocycles. The number of hydrogen-bond acceptors (Lipinski definition) is 6. The molecule has 2 aromatic rings. The van der Waals surface area contributed by atoms with Crippen molar-refractivity contribution >= 4 is 45.7 Å². The first kappa shape index (κ1) is 17.7. The molecule has 1 aliphatic heterocycles. The number of morpholine rings is 1. The quantitative estimate of drug-likeness (QED) is 0.799. The highest BCUT2D eigenvalue weighted by Crippen LogP contribution is 2.25. The third-order valence-electron chi connectivity index (χ3n) is 3.68. The molecule has 0 atom stereocenters. The van der Waals surface area contributed by atoms with E-state index in [4.69, 9.17) is 16.3 Å². The van der Waals surface area contributed by atoms with Crippen LogP contribution in [0.15, 0.2) is 28.5 Å². The summed E-state index contributed by atoms with van der Waals surface area (Å²) in [4.78, 5) is 20.2. The molecule has 0 unspecified atom stereocenters. The van der Waals surface area contributed by atoms with E-state index in [-0.39, 0.29) is 5.91 Å². The average molecular weight is 384 g/mol. The summed E-state index contributed by atoms with van der Waals surface area (Å²) in [5.74, 6) is -0.233. The van der Waals surface area contributed by atoms with Crippen LogP contribution in [0.5, 0.6) is 0 Å². The first-order valence-corrected chi connectivity index (χ1v) is 10.0. The van der Waals surface area contributed by atoms with Crippen molar-refractivity contribution in [2.24, 2.45) is 0 Å². The lowest BCUT2D eigenvalue weighted by Crippen LogP contribution is -2.35. The van der Waals surface area contributed by atoms with E-state index < -0.39 is 0 Å². The molecular weight excluding hydrogens is 366 g/mol. The third-order valence-corrected chi connectivity index (χ3v) is 5.54. The molecular formula is C16H18ClN3O2S2. The minimum atomic E-state index is -0.233. The summed E-state index contributed by atoms with van der Waals surface area (Å²) in [6.45, 7) is 4.13. The lowest BCUT2D eigenvalue weighted by Gasteiger charge is -2.25. The van der Waals surface area contributed by atoms with Gasteiger partial charge in [0.25, 0.3) is 5.91 Å². The summed E-state index contributed by atoms with van der Waals surface area (Å²) in [5, 5.41) is 5.85. The molecule has 1 aliphatic rings. The summed E-state index contributed by atoms with van der Waals surface area (Å²) >= 11 is 9.14. The number of nitrogens with zero attached hydrogens (tertiary/aromatic N) is 2. The second-order valence-corrected chi connectivity index (χ2v) is 7.48. The van der Waals surface area contributed by atoms with Crippen LogP contribution in [0.2, 0.25) is 5.02 Å². The van der Waals surface area contributed by atoms with Gasteiger partial charge in [-0.25, -0.2) is 4.98 Å². The van der Waals surface area contributed by atoms with Crippen molar-refractivity contribution in [3.63, 3.8) is 0 Å². The maximum absolute atomic E-state index is 12.4. The van der Waals surface area contributed by atoms with Crippen molar-refractivity contribution in [2.75, 3.05) is 37.9 Å². The number of amides is 1. The van der Waals surface area contributed by atoms with E-state index in [1.165, 1.54) is 11.3 Å². The van der Waals surface area contributed by atoms with Gasteiger partial charge in [-0.1, -0.05) is 11.6 Å². The Labute approximate surface area is 154 Å². The molecule has 8 heteroatoms. The van der Waals surface area contributed by atoms with E-state index in [9.17, 15) is 4.79 Å². The second kappa shape index (κ2) is 8.31. The number of ether oxygens (including phenoxy) is 1. The lowest BCUT2D eigenvalue weighted by molar-refractivity contribution is 0.0337. The first-order valence-electron chi connectivity index (χ1n) is 7.55. The van der Waals surface area contributed by atoms with Gasteiger partial charge in [-0.15, -0.1) is 23.1 Å². The zero-order valence-electron chi connectivity index (χ0n) is 13.3. The van der Waals surface area contributed by atoms with Crippen molar-refractivity contribution < 1.29 is 9.53 Å². The molecule has 1 N–H and O–H groups in total. The van der Waals surface area contributed by atoms with Crippen LogP contribution in [0.1, 0.15) is 16.1 Å². The molecule has 128 valence electrons. The van der Waals surface area contributed by atoms with E-state index >= 15 is 0 Å². The third kappa shape index (κ3) is 4.49. The van der Waals surface area contributed by atoms with Gasteiger partial charge < -0.3 is 4.74 Å². The minimum absolute atomic E-state index is 0.233. The average Bonchev–Trinajstić information content (AvgIpc) is 3.03. The standard InChI is InChI=1S/C16H18ClN3O2S2/c1-23-12-2-3-14(17)13(8-12)15(21)19-16-18-11(10-24-16)9-20-4-6-22-7-5-20/h2-3,8,10H,4-7,9H2,1H3,(H,18,19,21). The number of thioether (sulfide) groups is 1. The largest absolute Gasteiger partial charge is 0.379 e. The molecule has 0 aliphatic carbocycles. The zero-order valence-corrected chi connectivity index (χ0v) is 15.6. The Kier molecular flexibility index (Phi) is 6.13. The van der Waals surface area contributed by atoms with E-state index in [1.54, 1.807) is 23.9 Å². The summed E-state index contributed by atoms with van der Waals surface area (Å²) in [6, 6.07) is 5.44. The molecule has 1 aromatic carbocycles. The molecule has 24 heavy (non-hydrogen) atoms. The number of anilines is 1. The number of carbonyl (C=O) groups is 1. The van der Waals surface area contributed by atoms with Crippen molar-refractivity contribution in [3.05, 3.63) is 39.9 Å². The van der Waals surface area contributed by atoms with Crippen LogP contribution in [0.3, 0.4) is 0 Å². The zero-order chi connectivity index (χ0) is 16.9. The SMILES string of the molecule is CSc1ccc(Cl)c(C(=O)Nc2nc(CN3CCOCC3)cs2)c1. The van der Waals surface area contributed by atoms with Gasteiger partial charge in [0.15, 0.2) is 5.13 Å². The smallest absolute Gasteiger partial charge is 0.258 e. The predicted octanol–water partition coefficient (Wildman–Crippen LogP) is 3.60. The van der Waals surface area contributed by atoms with Crippen LogP contribution in [-0.4, -0.2) is 48.4 Å². The molecule has 0 radical (unpaired) electrons. The summed E-state index contributed by atoms with van der Waals surface area (Å²) in [6.07, 6.45) is 1.96. The number of nitrogens with one attached hydrogen (secondary N) is 1. The molecule has 5 nitrogen and oxygen atoms in total. The number of benzene rings is 1. The Morgan fingerprint density at radius 3 is 3.00 bits per heavy atom. The monoisotopic (exact) mass is 383 g/mol. The number of carbonyl (C=O) groups excluding carboxylic acids is 1. The normalized spacial score (nSPS) is 15.4. The van der Waals surface area contributed by atoms with E-state index in [2.05, 4.69) is 15.2 Å². The van der Waals surface area contributed by atoms with Gasteiger partial charge in [0.05, 0.1) is 29.5 Å². The number of halogens is 1. The van der Waals surface area contributed by atoms with E-state index in [0.717, 1.165) is 43.4 Å². The van der Waals surface area contributed by atoms with Crippen LogP contribution in [0.4, 0.5) is 5.13 Å². The minimum Gasteiger partial charge on any atom is -0.379 e. The maximum Gasteiger partial charge on any atom is 0.258 e. The molecule has 0 spiro atoms. The number of rotatable bonds is 5. The van der Waals surface area contributed by atoms with Crippen LogP contribution in [-0.2, 0) is 11.3 Å². The Hall–Kier alpha value is -1.12. The van der Waals surface area contributed by atoms with Crippen LogP contribution >= 0.6 is 34.7 Å². The maximum atomic E-state index is 12.4. The Morgan fingerprint density at radius 2 is 2.25 bits per heavy atom. The molecule has 2 heterocycles. The Bertz CT molecular complexity index is 717. The lowest BCUT2D eigenvalue weighted by atomic mass is 10.2. The van der Waals surface area contributed by atoms with Crippen molar-refractivity contribution in [2.45, 2.75) is 11.4 Å². The topological polar surface area (TPSA) is 54.5 Å². The second-order valence-electron chi connectivity index (χ2n) is 5.33. The van der Waals surface area contributed by atoms with E-state index in [1.807, 2.05) is 17.7 Å². The van der Waals surface area contributed by atoms with Gasteiger partial charge in [-0.2, -0.15) is 0 Å². The van der Waals surface area contributed by atoms with E-state index in [0.29, 0.717) is 15.7 Å². The van der Waals surface area contributed by atoms with Gasteiger partial charge in [0.1, 0.15) is 0 Å². The highest BCUT2D eigenvalue weighted by Gasteiger charge is 2.15. The van der Waals surface area contributed by atoms with Crippen LogP contribution in [0.25, 0.3) is 0 Å². The first-order chi connectivity index (χ1) is 11.7. The van der Waals surface area contributed by atoms with Crippen LogP contribution < -0.4 is 5.32 Å². The summed E-state index contributed by atoms with van der Waals surface area (Å²) < 4.78 is 5.34. The van der Waals surface area contributed by atoms with Crippen molar-refractivity contribution in [1.82, 2.24) is 9.88 Å². The van der Waals surface area contributed by atoms with Gasteiger partial charge in [-0.05, 0) is 24.5 Å². The van der Waals surface area contributed by atoms with Crippen molar-refractivity contribution in [1.29, 1.82) is 0 Å². The van der Waals surface area contributed by atoms with Gasteiger partial charge >= 0.3 is 0 Å². The number of thiazole rings is 1. The Balaban J connectivity index is 1.64. The van der Waals surface area contributed by atoms with Crippen LogP contribution in [0, 0.1) is 0 Å². The highest BCUT2D eigenvalue weighted by molar-refractivity contribution is 7.98. The van der Waals surface area contributed by atoms with Gasteiger partial charge in [-0.3, -0.25) is 15.0 Å². The molecule has 1 saturated heterocycles. The summed E-state index contributed by atoms with van der Waals surface area (Å²) in [5.41, 5.74) is 1.43.